The lowest BCUT2D eigenvalue weighted by atomic mass is 10.1. The SMILES string of the molecule is Cc1ccccc1Nc1c(C(=O)O)cnc(S(N)(=O)=O)c1Cl. The highest BCUT2D eigenvalue weighted by atomic mass is 35.5. The number of sulfonamides is 1. The van der Waals surface area contributed by atoms with Crippen LogP contribution >= 0.6 is 11.6 Å². The summed E-state index contributed by atoms with van der Waals surface area (Å²) in [6, 6.07) is 7.06. The quantitative estimate of drug-likeness (QED) is 0.783. The van der Waals surface area contributed by atoms with Crippen molar-refractivity contribution in [2.24, 2.45) is 5.14 Å². The smallest absolute Gasteiger partial charge is 0.339 e. The van der Waals surface area contributed by atoms with E-state index in [0.29, 0.717) is 5.69 Å². The van der Waals surface area contributed by atoms with E-state index in [2.05, 4.69) is 10.3 Å². The minimum atomic E-state index is -4.18. The Morgan fingerprint density at radius 1 is 1.36 bits per heavy atom. The number of carbonyl (C=O) groups is 1. The molecule has 0 saturated heterocycles. The first-order valence-corrected chi connectivity index (χ1v) is 7.91. The van der Waals surface area contributed by atoms with Gasteiger partial charge in [-0.2, -0.15) is 0 Å². The van der Waals surface area contributed by atoms with Gasteiger partial charge in [0.25, 0.3) is 10.0 Å². The molecule has 0 radical (unpaired) electrons. The number of carboxylic acids is 1. The topological polar surface area (TPSA) is 122 Å². The molecule has 7 nitrogen and oxygen atoms in total. The Morgan fingerprint density at radius 2 is 2.00 bits per heavy atom. The molecule has 0 aliphatic rings. The number of aromatic carboxylic acids is 1. The summed E-state index contributed by atoms with van der Waals surface area (Å²) < 4.78 is 22.9. The first-order valence-electron chi connectivity index (χ1n) is 5.99. The van der Waals surface area contributed by atoms with E-state index in [-0.39, 0.29) is 16.3 Å². The maximum Gasteiger partial charge on any atom is 0.339 e. The molecule has 1 aromatic heterocycles. The van der Waals surface area contributed by atoms with Crippen molar-refractivity contribution in [3.63, 3.8) is 0 Å². The predicted molar refractivity (Wildman–Crippen MR) is 82.0 cm³/mol. The lowest BCUT2D eigenvalue weighted by Crippen LogP contribution is -2.17. The first kappa shape index (κ1) is 16.2. The molecule has 0 bridgehead atoms. The molecule has 4 N–H and O–H groups in total. The fourth-order valence-electron chi connectivity index (χ4n) is 1.80. The number of nitrogens with zero attached hydrogens (tertiary/aromatic N) is 1. The van der Waals surface area contributed by atoms with Gasteiger partial charge in [-0.05, 0) is 18.6 Å². The second-order valence-electron chi connectivity index (χ2n) is 4.46. The Hall–Kier alpha value is -2.16. The van der Waals surface area contributed by atoms with E-state index in [9.17, 15) is 18.3 Å². The maximum atomic E-state index is 11.5. The number of benzene rings is 1. The molecule has 0 atom stereocenters. The number of halogens is 1. The van der Waals surface area contributed by atoms with Crippen molar-refractivity contribution in [1.29, 1.82) is 0 Å². The lowest BCUT2D eigenvalue weighted by Gasteiger charge is -2.14. The highest BCUT2D eigenvalue weighted by Crippen LogP contribution is 2.33. The standard InChI is InChI=1S/C13H12ClN3O4S/c1-7-4-2-3-5-9(7)17-11-8(13(18)19)6-16-12(10(11)14)22(15,20)21/h2-6H,1H3,(H,16,17)(H,18,19)(H2,15,20,21). The molecule has 0 aliphatic carbocycles. The van der Waals surface area contributed by atoms with Crippen molar-refractivity contribution in [2.75, 3.05) is 5.32 Å². The Kier molecular flexibility index (Phi) is 4.36. The zero-order chi connectivity index (χ0) is 16.5. The van der Waals surface area contributed by atoms with E-state index < -0.39 is 21.0 Å². The van der Waals surface area contributed by atoms with Crippen LogP contribution in [0.5, 0.6) is 0 Å². The van der Waals surface area contributed by atoms with Crippen LogP contribution in [0.25, 0.3) is 0 Å². The van der Waals surface area contributed by atoms with Gasteiger partial charge in [0.05, 0.1) is 5.69 Å². The molecule has 116 valence electrons. The molecule has 0 saturated carbocycles. The van der Waals surface area contributed by atoms with Crippen molar-refractivity contribution < 1.29 is 18.3 Å². The van der Waals surface area contributed by atoms with Gasteiger partial charge in [-0.15, -0.1) is 0 Å². The summed E-state index contributed by atoms with van der Waals surface area (Å²) in [5, 5.41) is 16.1. The molecule has 0 fully saturated rings. The predicted octanol–water partition coefficient (Wildman–Crippen LogP) is 2.13. The summed E-state index contributed by atoms with van der Waals surface area (Å²) in [5.74, 6) is -1.30. The molecule has 0 amide bonds. The number of para-hydroxylation sites is 1. The molecular formula is C13H12ClN3O4S. The van der Waals surface area contributed by atoms with Gasteiger partial charge in [-0.1, -0.05) is 29.8 Å². The number of hydrogen-bond donors (Lipinski definition) is 3. The summed E-state index contributed by atoms with van der Waals surface area (Å²) in [4.78, 5) is 14.8. The molecule has 2 aromatic rings. The van der Waals surface area contributed by atoms with Crippen LogP contribution in [0.3, 0.4) is 0 Å². The zero-order valence-electron chi connectivity index (χ0n) is 11.4. The summed E-state index contributed by atoms with van der Waals surface area (Å²) >= 11 is 6.00. The first-order chi connectivity index (χ1) is 10.2. The molecule has 0 spiro atoms. The summed E-state index contributed by atoms with van der Waals surface area (Å²) in [5.41, 5.74) is 1.06. The average Bonchev–Trinajstić information content (AvgIpc) is 2.41. The number of carboxylic acid groups (broad SMARTS) is 1. The van der Waals surface area contributed by atoms with Gasteiger partial charge in [0.15, 0.2) is 5.03 Å². The largest absolute Gasteiger partial charge is 0.478 e. The van der Waals surface area contributed by atoms with Crippen LogP contribution in [-0.2, 0) is 10.0 Å². The van der Waals surface area contributed by atoms with Gasteiger partial charge in [0.2, 0.25) is 0 Å². The molecule has 1 aromatic carbocycles. The van der Waals surface area contributed by atoms with Crippen molar-refractivity contribution in [3.8, 4) is 0 Å². The zero-order valence-corrected chi connectivity index (χ0v) is 12.9. The molecule has 9 heteroatoms. The molecule has 1 heterocycles. The van der Waals surface area contributed by atoms with E-state index in [1.54, 1.807) is 25.1 Å². The summed E-state index contributed by atoms with van der Waals surface area (Å²) in [6.45, 7) is 1.80. The van der Waals surface area contributed by atoms with Crippen LogP contribution in [0.15, 0.2) is 35.5 Å². The van der Waals surface area contributed by atoms with Gasteiger partial charge in [0, 0.05) is 11.9 Å². The fourth-order valence-corrected chi connectivity index (χ4v) is 2.87. The van der Waals surface area contributed by atoms with E-state index in [1.807, 2.05) is 6.07 Å². The molecule has 2 rings (SSSR count). The van der Waals surface area contributed by atoms with Gasteiger partial charge in [-0.25, -0.2) is 23.3 Å². The number of primary sulfonamides is 1. The summed E-state index contributed by atoms with van der Waals surface area (Å²) in [7, 11) is -4.18. The number of nitrogens with two attached hydrogens (primary N) is 1. The van der Waals surface area contributed by atoms with Crippen LogP contribution in [-0.4, -0.2) is 24.5 Å². The second kappa shape index (κ2) is 5.91. The fraction of sp³-hybridized carbons (Fsp3) is 0.0769. The van der Waals surface area contributed by atoms with Gasteiger partial charge in [0.1, 0.15) is 10.6 Å². The number of hydrogen-bond acceptors (Lipinski definition) is 5. The van der Waals surface area contributed by atoms with Crippen molar-refractivity contribution in [1.82, 2.24) is 4.98 Å². The lowest BCUT2D eigenvalue weighted by molar-refractivity contribution is 0.0697. The number of aromatic nitrogens is 1. The normalized spacial score (nSPS) is 11.2. The number of aryl methyl sites for hydroxylation is 1. The Balaban J connectivity index is 2.66. The van der Waals surface area contributed by atoms with E-state index in [4.69, 9.17) is 16.7 Å². The average molecular weight is 342 g/mol. The number of anilines is 2. The number of rotatable bonds is 4. The van der Waals surface area contributed by atoms with Gasteiger partial charge >= 0.3 is 5.97 Å². The van der Waals surface area contributed by atoms with E-state index in [0.717, 1.165) is 11.8 Å². The Morgan fingerprint density at radius 3 is 2.55 bits per heavy atom. The minimum absolute atomic E-state index is 0.0810. The van der Waals surface area contributed by atoms with Crippen LogP contribution in [0.2, 0.25) is 5.02 Å². The second-order valence-corrected chi connectivity index (χ2v) is 6.31. The van der Waals surface area contributed by atoms with Gasteiger partial charge < -0.3 is 10.4 Å². The van der Waals surface area contributed by atoms with Crippen LogP contribution in [0.4, 0.5) is 11.4 Å². The van der Waals surface area contributed by atoms with Crippen molar-refractivity contribution >= 4 is 39.0 Å². The molecular weight excluding hydrogens is 330 g/mol. The summed E-state index contributed by atoms with van der Waals surface area (Å²) in [6.07, 6.45) is 0.897. The van der Waals surface area contributed by atoms with Crippen molar-refractivity contribution in [3.05, 3.63) is 46.6 Å². The molecule has 22 heavy (non-hydrogen) atoms. The Labute approximate surface area is 131 Å². The van der Waals surface area contributed by atoms with E-state index >= 15 is 0 Å². The third kappa shape index (κ3) is 3.19. The third-order valence-electron chi connectivity index (χ3n) is 2.89. The highest BCUT2D eigenvalue weighted by Gasteiger charge is 2.23. The molecule has 0 aliphatic heterocycles. The van der Waals surface area contributed by atoms with Crippen LogP contribution in [0.1, 0.15) is 15.9 Å². The van der Waals surface area contributed by atoms with Gasteiger partial charge in [-0.3, -0.25) is 0 Å². The maximum absolute atomic E-state index is 11.5. The van der Waals surface area contributed by atoms with Crippen molar-refractivity contribution in [2.45, 2.75) is 11.9 Å². The molecule has 0 unspecified atom stereocenters. The third-order valence-corrected chi connectivity index (χ3v) is 4.22. The monoisotopic (exact) mass is 341 g/mol. The van der Waals surface area contributed by atoms with E-state index in [1.165, 1.54) is 0 Å². The van der Waals surface area contributed by atoms with Crippen LogP contribution < -0.4 is 10.5 Å². The highest BCUT2D eigenvalue weighted by molar-refractivity contribution is 7.89. The number of nitrogens with one attached hydrogen (secondary N) is 1. The Bertz CT molecular complexity index is 852. The van der Waals surface area contributed by atoms with Crippen LogP contribution in [0, 0.1) is 6.92 Å². The minimum Gasteiger partial charge on any atom is -0.478 e. The number of pyridine rings is 1.